The predicted octanol–water partition coefficient (Wildman–Crippen LogP) is 4.19. The van der Waals surface area contributed by atoms with E-state index in [-0.39, 0.29) is 6.04 Å². The van der Waals surface area contributed by atoms with Gasteiger partial charge in [-0.25, -0.2) is 4.68 Å². The first-order valence-corrected chi connectivity index (χ1v) is 11.0. The number of carbonyl (C=O) groups excluding carboxylic acids is 2. The zero-order valence-electron chi connectivity index (χ0n) is 17.9. The summed E-state index contributed by atoms with van der Waals surface area (Å²) in [7, 11) is 0. The van der Waals surface area contributed by atoms with Gasteiger partial charge < -0.3 is 15.6 Å². The number of aromatic amines is 1. The fourth-order valence-corrected chi connectivity index (χ4v) is 3.88. The highest BCUT2D eigenvalue weighted by Crippen LogP contribution is 2.29. The van der Waals surface area contributed by atoms with E-state index in [0.29, 0.717) is 5.69 Å². The molecule has 0 aliphatic heterocycles. The monoisotopic (exact) mass is 427 g/mol. The predicted molar refractivity (Wildman–Crippen MR) is 125 cm³/mol. The number of H-pyrrole nitrogens is 1. The second-order valence-corrected chi connectivity index (χ2v) is 8.21. The van der Waals surface area contributed by atoms with Crippen LogP contribution < -0.4 is 10.6 Å². The van der Waals surface area contributed by atoms with Crippen molar-refractivity contribution in [3.05, 3.63) is 66.6 Å². The number of aromatic nitrogens is 3. The Labute approximate surface area is 185 Å². The fraction of sp³-hybridized carbons (Fsp3) is 0.240. The van der Waals surface area contributed by atoms with E-state index in [1.54, 1.807) is 6.20 Å². The van der Waals surface area contributed by atoms with Crippen LogP contribution in [0.15, 0.2) is 61.1 Å². The van der Waals surface area contributed by atoms with E-state index in [1.807, 2.05) is 35.3 Å². The standard InChI is InChI=1S/C25H25N5O2/c1-2-16-6-9-20(10-7-16)30-15-18(13-27-30)17-8-11-22-21(12-17)23(14-26-22)29-25(32)24(31)28-19-4-3-5-19/h6-15,19,26H,2-5H2,1H3,(H,28,31)(H,29,32). The summed E-state index contributed by atoms with van der Waals surface area (Å²) in [5.74, 6) is -1.23. The van der Waals surface area contributed by atoms with Crippen molar-refractivity contribution in [2.75, 3.05) is 5.32 Å². The molecule has 1 saturated carbocycles. The second kappa shape index (κ2) is 8.34. The number of aryl methyl sites for hydroxylation is 1. The van der Waals surface area contributed by atoms with Crippen LogP contribution in [-0.2, 0) is 16.0 Å². The number of hydrogen-bond acceptors (Lipinski definition) is 3. The first kappa shape index (κ1) is 20.1. The molecule has 7 heteroatoms. The van der Waals surface area contributed by atoms with Crippen molar-refractivity contribution in [3.63, 3.8) is 0 Å². The number of nitrogens with zero attached hydrogens (tertiary/aromatic N) is 2. The Morgan fingerprint density at radius 2 is 1.91 bits per heavy atom. The fourth-order valence-electron chi connectivity index (χ4n) is 3.88. The molecule has 32 heavy (non-hydrogen) atoms. The van der Waals surface area contributed by atoms with Crippen LogP contribution in [0.3, 0.4) is 0 Å². The third-order valence-electron chi connectivity index (χ3n) is 6.10. The van der Waals surface area contributed by atoms with Gasteiger partial charge in [-0.2, -0.15) is 5.10 Å². The maximum Gasteiger partial charge on any atom is 0.313 e. The van der Waals surface area contributed by atoms with Gasteiger partial charge in [-0.15, -0.1) is 0 Å². The van der Waals surface area contributed by atoms with Gasteiger partial charge in [0.25, 0.3) is 0 Å². The minimum Gasteiger partial charge on any atom is -0.359 e. The summed E-state index contributed by atoms with van der Waals surface area (Å²) in [5, 5.41) is 10.9. The van der Waals surface area contributed by atoms with Gasteiger partial charge in [0.1, 0.15) is 0 Å². The maximum atomic E-state index is 12.3. The summed E-state index contributed by atoms with van der Waals surface area (Å²) < 4.78 is 1.85. The number of hydrogen-bond donors (Lipinski definition) is 3. The van der Waals surface area contributed by atoms with Crippen molar-refractivity contribution in [3.8, 4) is 16.8 Å². The molecular formula is C25H25N5O2. The topological polar surface area (TPSA) is 91.8 Å². The minimum atomic E-state index is -0.647. The molecule has 2 aromatic heterocycles. The van der Waals surface area contributed by atoms with Crippen LogP contribution in [0.2, 0.25) is 0 Å². The normalized spacial score (nSPS) is 13.7. The molecule has 0 unspecified atom stereocenters. The molecule has 5 rings (SSSR count). The van der Waals surface area contributed by atoms with Gasteiger partial charge in [-0.1, -0.05) is 25.1 Å². The molecule has 162 valence electrons. The molecule has 2 amide bonds. The molecule has 1 aliphatic carbocycles. The lowest BCUT2D eigenvalue weighted by atomic mass is 9.93. The minimum absolute atomic E-state index is 0.123. The second-order valence-electron chi connectivity index (χ2n) is 8.21. The van der Waals surface area contributed by atoms with Crippen molar-refractivity contribution in [1.82, 2.24) is 20.1 Å². The number of benzene rings is 2. The summed E-state index contributed by atoms with van der Waals surface area (Å²) >= 11 is 0. The Bertz CT molecular complexity index is 1280. The van der Waals surface area contributed by atoms with Crippen LogP contribution >= 0.6 is 0 Å². The zero-order chi connectivity index (χ0) is 22.1. The van der Waals surface area contributed by atoms with Crippen LogP contribution in [0.4, 0.5) is 5.69 Å². The SMILES string of the molecule is CCc1ccc(-n2cc(-c3ccc4[nH]cc(NC(=O)C(=O)NC5CCC5)c4c3)cn2)cc1. The first-order chi connectivity index (χ1) is 15.6. The van der Waals surface area contributed by atoms with Gasteiger partial charge in [0.2, 0.25) is 0 Å². The van der Waals surface area contributed by atoms with Crippen molar-refractivity contribution < 1.29 is 9.59 Å². The van der Waals surface area contributed by atoms with Crippen molar-refractivity contribution >= 4 is 28.4 Å². The highest BCUT2D eigenvalue weighted by atomic mass is 16.2. The Morgan fingerprint density at radius 1 is 1.09 bits per heavy atom. The van der Waals surface area contributed by atoms with Crippen molar-refractivity contribution in [1.29, 1.82) is 0 Å². The van der Waals surface area contributed by atoms with E-state index >= 15 is 0 Å². The summed E-state index contributed by atoms with van der Waals surface area (Å²) in [6, 6.07) is 14.4. The van der Waals surface area contributed by atoms with E-state index in [0.717, 1.165) is 53.4 Å². The van der Waals surface area contributed by atoms with Crippen LogP contribution in [0.1, 0.15) is 31.7 Å². The number of rotatable bonds is 5. The van der Waals surface area contributed by atoms with E-state index in [2.05, 4.69) is 51.9 Å². The number of anilines is 1. The Kier molecular flexibility index (Phi) is 5.23. The average Bonchev–Trinajstić information content (AvgIpc) is 3.43. The van der Waals surface area contributed by atoms with Crippen molar-refractivity contribution in [2.45, 2.75) is 38.6 Å². The maximum absolute atomic E-state index is 12.3. The summed E-state index contributed by atoms with van der Waals surface area (Å²) in [6.07, 6.45) is 9.49. The Hall–Kier alpha value is -3.87. The molecule has 4 aromatic rings. The van der Waals surface area contributed by atoms with E-state index < -0.39 is 11.8 Å². The van der Waals surface area contributed by atoms with Gasteiger partial charge >= 0.3 is 11.8 Å². The molecule has 3 N–H and O–H groups in total. The molecule has 0 spiro atoms. The first-order valence-electron chi connectivity index (χ1n) is 11.0. The summed E-state index contributed by atoms with van der Waals surface area (Å²) in [6.45, 7) is 2.13. The van der Waals surface area contributed by atoms with Crippen LogP contribution in [0.5, 0.6) is 0 Å². The number of carbonyl (C=O) groups is 2. The largest absolute Gasteiger partial charge is 0.359 e. The van der Waals surface area contributed by atoms with E-state index in [9.17, 15) is 9.59 Å². The van der Waals surface area contributed by atoms with E-state index in [1.165, 1.54) is 5.56 Å². The van der Waals surface area contributed by atoms with Gasteiger partial charge in [-0.05, 0) is 61.1 Å². The lowest BCUT2D eigenvalue weighted by molar-refractivity contribution is -0.136. The molecular weight excluding hydrogens is 402 g/mol. The number of nitrogens with one attached hydrogen (secondary N) is 3. The Balaban J connectivity index is 1.37. The third kappa shape index (κ3) is 3.89. The van der Waals surface area contributed by atoms with Crippen LogP contribution in [0, 0.1) is 0 Å². The molecule has 1 fully saturated rings. The van der Waals surface area contributed by atoms with Gasteiger partial charge in [-0.3, -0.25) is 9.59 Å². The Morgan fingerprint density at radius 3 is 2.62 bits per heavy atom. The highest BCUT2D eigenvalue weighted by molar-refractivity contribution is 6.40. The number of amides is 2. The van der Waals surface area contributed by atoms with Gasteiger partial charge in [0, 0.05) is 34.9 Å². The lowest BCUT2D eigenvalue weighted by Gasteiger charge is -2.25. The third-order valence-corrected chi connectivity index (χ3v) is 6.10. The zero-order valence-corrected chi connectivity index (χ0v) is 17.9. The summed E-state index contributed by atoms with van der Waals surface area (Å²) in [5.41, 5.74) is 5.69. The molecule has 0 saturated heterocycles. The molecule has 1 aliphatic rings. The van der Waals surface area contributed by atoms with Gasteiger partial charge in [0.15, 0.2) is 0 Å². The quantitative estimate of drug-likeness (QED) is 0.417. The molecule has 0 atom stereocenters. The van der Waals surface area contributed by atoms with Gasteiger partial charge in [0.05, 0.1) is 17.6 Å². The number of fused-ring (bicyclic) bond motifs is 1. The van der Waals surface area contributed by atoms with Crippen molar-refractivity contribution in [2.24, 2.45) is 0 Å². The van der Waals surface area contributed by atoms with E-state index in [4.69, 9.17) is 0 Å². The smallest absolute Gasteiger partial charge is 0.313 e. The lowest BCUT2D eigenvalue weighted by Crippen LogP contribution is -2.44. The molecule has 0 bridgehead atoms. The van der Waals surface area contributed by atoms with Crippen LogP contribution in [-0.4, -0.2) is 32.6 Å². The average molecular weight is 428 g/mol. The molecule has 7 nitrogen and oxygen atoms in total. The van der Waals surface area contributed by atoms with Crippen LogP contribution in [0.25, 0.3) is 27.7 Å². The molecule has 2 heterocycles. The molecule has 0 radical (unpaired) electrons. The summed E-state index contributed by atoms with van der Waals surface area (Å²) in [4.78, 5) is 27.6. The molecule has 2 aromatic carbocycles. The highest BCUT2D eigenvalue weighted by Gasteiger charge is 2.23.